The molecule has 4 heteroatoms. The summed E-state index contributed by atoms with van der Waals surface area (Å²) in [5, 5.41) is 0. The molecule has 0 aliphatic heterocycles. The average Bonchev–Trinajstić information content (AvgIpc) is 2.53. The molecule has 0 aromatic heterocycles. The van der Waals surface area contributed by atoms with E-state index in [1.807, 2.05) is 42.5 Å². The van der Waals surface area contributed by atoms with Gasteiger partial charge in [0, 0.05) is 0 Å². The second kappa shape index (κ2) is 6.73. The van der Waals surface area contributed by atoms with E-state index >= 15 is 0 Å². The Balaban J connectivity index is 2.03. The monoisotopic (exact) mass is 297 g/mol. The van der Waals surface area contributed by atoms with Crippen molar-refractivity contribution in [3.05, 3.63) is 71.3 Å². The molecular weight excluding hydrogens is 274 g/mol. The summed E-state index contributed by atoms with van der Waals surface area (Å²) >= 11 is 0. The van der Waals surface area contributed by atoms with E-state index in [4.69, 9.17) is 17.2 Å². The van der Waals surface area contributed by atoms with E-state index in [0.717, 1.165) is 18.4 Å². The predicted molar refractivity (Wildman–Crippen MR) is 89.0 cm³/mol. The molecule has 0 bridgehead atoms. The Morgan fingerprint density at radius 3 is 2.00 bits per heavy atom. The van der Waals surface area contributed by atoms with Crippen LogP contribution in [0.1, 0.15) is 29.7 Å². The number of amides is 1. The molecule has 0 aliphatic carbocycles. The zero-order chi connectivity index (χ0) is 16.2. The van der Waals surface area contributed by atoms with Gasteiger partial charge in [0.25, 0.3) is 0 Å². The Bertz CT molecular complexity index is 621. The summed E-state index contributed by atoms with van der Waals surface area (Å²) in [6.45, 7) is 1.56. The normalized spacial score (nSPS) is 15.0. The third-order valence-electron chi connectivity index (χ3n) is 4.06. The van der Waals surface area contributed by atoms with Gasteiger partial charge in [-0.25, -0.2) is 0 Å². The summed E-state index contributed by atoms with van der Waals surface area (Å²) in [5.41, 5.74) is 19.4. The Labute approximate surface area is 131 Å². The van der Waals surface area contributed by atoms with Crippen molar-refractivity contribution in [2.45, 2.75) is 31.3 Å². The molecule has 0 fully saturated rings. The number of carbonyl (C=O) groups excluding carboxylic acids is 1. The lowest BCUT2D eigenvalue weighted by atomic mass is 9.87. The van der Waals surface area contributed by atoms with Gasteiger partial charge in [-0.15, -0.1) is 0 Å². The van der Waals surface area contributed by atoms with Crippen molar-refractivity contribution in [3.8, 4) is 0 Å². The van der Waals surface area contributed by atoms with Gasteiger partial charge in [-0.05, 0) is 36.5 Å². The molecule has 22 heavy (non-hydrogen) atoms. The molecule has 1 amide bonds. The quantitative estimate of drug-likeness (QED) is 0.757. The minimum Gasteiger partial charge on any atom is -0.368 e. The Kier molecular flexibility index (Phi) is 4.96. The SMILES string of the molecule is CC(N)(C(N)=O)C(N)c1ccc(CCc2ccccc2)cc1. The number of primary amides is 1. The molecule has 2 rings (SSSR count). The first-order valence-corrected chi connectivity index (χ1v) is 7.38. The van der Waals surface area contributed by atoms with Gasteiger partial charge in [-0.1, -0.05) is 54.6 Å². The van der Waals surface area contributed by atoms with Crippen LogP contribution in [0.5, 0.6) is 0 Å². The van der Waals surface area contributed by atoms with Gasteiger partial charge in [-0.2, -0.15) is 0 Å². The lowest BCUT2D eigenvalue weighted by Crippen LogP contribution is -2.56. The van der Waals surface area contributed by atoms with Gasteiger partial charge < -0.3 is 17.2 Å². The van der Waals surface area contributed by atoms with Crippen LogP contribution >= 0.6 is 0 Å². The largest absolute Gasteiger partial charge is 0.368 e. The average molecular weight is 297 g/mol. The Morgan fingerprint density at radius 2 is 1.50 bits per heavy atom. The highest BCUT2D eigenvalue weighted by molar-refractivity contribution is 5.85. The van der Waals surface area contributed by atoms with E-state index in [9.17, 15) is 4.79 Å². The maximum Gasteiger partial charge on any atom is 0.239 e. The lowest BCUT2D eigenvalue weighted by molar-refractivity contribution is -0.123. The summed E-state index contributed by atoms with van der Waals surface area (Å²) < 4.78 is 0. The van der Waals surface area contributed by atoms with Crippen molar-refractivity contribution in [3.63, 3.8) is 0 Å². The molecule has 2 unspecified atom stereocenters. The van der Waals surface area contributed by atoms with E-state index < -0.39 is 17.5 Å². The third kappa shape index (κ3) is 3.72. The molecule has 116 valence electrons. The van der Waals surface area contributed by atoms with Crippen LogP contribution in [-0.4, -0.2) is 11.4 Å². The zero-order valence-corrected chi connectivity index (χ0v) is 12.8. The predicted octanol–water partition coefficient (Wildman–Crippen LogP) is 1.67. The fourth-order valence-corrected chi connectivity index (χ4v) is 2.32. The van der Waals surface area contributed by atoms with Gasteiger partial charge in [0.2, 0.25) is 5.91 Å². The van der Waals surface area contributed by atoms with E-state index in [1.165, 1.54) is 11.1 Å². The van der Waals surface area contributed by atoms with Gasteiger partial charge in [0.05, 0.1) is 6.04 Å². The van der Waals surface area contributed by atoms with E-state index in [0.29, 0.717) is 0 Å². The zero-order valence-electron chi connectivity index (χ0n) is 12.8. The molecule has 0 saturated heterocycles. The van der Waals surface area contributed by atoms with Gasteiger partial charge in [0.15, 0.2) is 0 Å². The molecule has 0 heterocycles. The van der Waals surface area contributed by atoms with Crippen molar-refractivity contribution in [2.75, 3.05) is 0 Å². The van der Waals surface area contributed by atoms with Crippen LogP contribution in [-0.2, 0) is 17.6 Å². The molecule has 4 nitrogen and oxygen atoms in total. The van der Waals surface area contributed by atoms with E-state index in [-0.39, 0.29) is 0 Å². The molecular formula is C18H23N3O. The summed E-state index contributed by atoms with van der Waals surface area (Å²) in [4.78, 5) is 11.4. The molecule has 6 N–H and O–H groups in total. The Hall–Kier alpha value is -2.17. The van der Waals surface area contributed by atoms with Crippen LogP contribution in [0, 0.1) is 0 Å². The third-order valence-corrected chi connectivity index (χ3v) is 4.06. The maximum absolute atomic E-state index is 11.4. The number of benzene rings is 2. The topological polar surface area (TPSA) is 95.1 Å². The first-order chi connectivity index (χ1) is 10.4. The number of aryl methyl sites for hydroxylation is 2. The molecule has 2 aromatic carbocycles. The number of nitrogens with two attached hydrogens (primary N) is 3. The van der Waals surface area contributed by atoms with Crippen LogP contribution in [0.3, 0.4) is 0 Å². The van der Waals surface area contributed by atoms with Crippen molar-refractivity contribution >= 4 is 5.91 Å². The second-order valence-electron chi connectivity index (χ2n) is 5.85. The van der Waals surface area contributed by atoms with E-state index in [2.05, 4.69) is 12.1 Å². The summed E-state index contributed by atoms with van der Waals surface area (Å²) in [7, 11) is 0. The number of carbonyl (C=O) groups is 1. The highest BCUT2D eigenvalue weighted by Crippen LogP contribution is 2.22. The summed E-state index contributed by atoms with van der Waals surface area (Å²) in [6.07, 6.45) is 1.94. The van der Waals surface area contributed by atoms with Gasteiger partial charge in [-0.3, -0.25) is 4.79 Å². The molecule has 0 spiro atoms. The molecule has 0 saturated carbocycles. The minimum absolute atomic E-state index is 0.604. The molecule has 2 atom stereocenters. The number of hydrogen-bond donors (Lipinski definition) is 3. The van der Waals surface area contributed by atoms with Crippen molar-refractivity contribution in [1.29, 1.82) is 0 Å². The van der Waals surface area contributed by atoms with Crippen molar-refractivity contribution in [1.82, 2.24) is 0 Å². The van der Waals surface area contributed by atoms with Crippen LogP contribution in [0.15, 0.2) is 54.6 Å². The Morgan fingerprint density at radius 1 is 1.00 bits per heavy atom. The standard InChI is InChI=1S/C18H23N3O/c1-18(21,17(20)22)16(19)15-11-9-14(10-12-15)8-7-13-5-3-2-4-6-13/h2-6,9-12,16H,7-8,19,21H2,1H3,(H2,20,22). The molecule has 2 aromatic rings. The fraction of sp³-hybridized carbons (Fsp3) is 0.278. The van der Waals surface area contributed by atoms with Crippen molar-refractivity contribution in [2.24, 2.45) is 17.2 Å². The lowest BCUT2D eigenvalue weighted by Gasteiger charge is -2.28. The van der Waals surface area contributed by atoms with E-state index in [1.54, 1.807) is 6.92 Å². The maximum atomic E-state index is 11.4. The molecule has 0 aliphatic rings. The summed E-state index contributed by atoms with van der Waals surface area (Å²) in [5.74, 6) is -0.604. The van der Waals surface area contributed by atoms with Crippen LogP contribution in [0.4, 0.5) is 0 Å². The first kappa shape index (κ1) is 16.2. The van der Waals surface area contributed by atoms with Gasteiger partial charge >= 0.3 is 0 Å². The number of rotatable bonds is 6. The fourth-order valence-electron chi connectivity index (χ4n) is 2.32. The number of hydrogen-bond acceptors (Lipinski definition) is 3. The van der Waals surface area contributed by atoms with Crippen LogP contribution in [0.25, 0.3) is 0 Å². The smallest absolute Gasteiger partial charge is 0.239 e. The minimum atomic E-state index is -1.26. The first-order valence-electron chi connectivity index (χ1n) is 7.38. The van der Waals surface area contributed by atoms with Gasteiger partial charge in [0.1, 0.15) is 5.54 Å². The summed E-state index contributed by atoms with van der Waals surface area (Å²) in [6, 6.07) is 17.6. The van der Waals surface area contributed by atoms with Crippen LogP contribution < -0.4 is 17.2 Å². The van der Waals surface area contributed by atoms with Crippen LogP contribution in [0.2, 0.25) is 0 Å². The second-order valence-corrected chi connectivity index (χ2v) is 5.85. The molecule has 0 radical (unpaired) electrons. The highest BCUT2D eigenvalue weighted by atomic mass is 16.1. The highest BCUT2D eigenvalue weighted by Gasteiger charge is 2.34. The van der Waals surface area contributed by atoms with Crippen molar-refractivity contribution < 1.29 is 4.79 Å².